The van der Waals surface area contributed by atoms with Gasteiger partial charge in [0, 0.05) is 29.9 Å². The van der Waals surface area contributed by atoms with Crippen molar-refractivity contribution in [3.63, 3.8) is 0 Å². The van der Waals surface area contributed by atoms with E-state index in [1.165, 1.54) is 16.8 Å². The van der Waals surface area contributed by atoms with Gasteiger partial charge in [-0.3, -0.25) is 10.1 Å². The third kappa shape index (κ3) is 3.16. The van der Waals surface area contributed by atoms with E-state index in [1.807, 2.05) is 12.1 Å². The molecule has 2 aromatic carbocycles. The highest BCUT2D eigenvalue weighted by Gasteiger charge is 2.34. The van der Waals surface area contributed by atoms with E-state index in [0.717, 1.165) is 24.9 Å². The maximum Gasteiger partial charge on any atom is 0.269 e. The summed E-state index contributed by atoms with van der Waals surface area (Å²) in [6.45, 7) is 7.40. The molecule has 130 valence electrons. The third-order valence-corrected chi connectivity index (χ3v) is 5.23. The number of rotatable bonds is 5. The van der Waals surface area contributed by atoms with Crippen LogP contribution in [-0.4, -0.2) is 10.5 Å². The average Bonchev–Trinajstić information content (AvgIpc) is 2.64. The number of nitrogens with zero attached hydrogens (tertiary/aromatic N) is 2. The maximum absolute atomic E-state index is 10.9. The number of hydrogen-bond donors (Lipinski definition) is 0. The summed E-state index contributed by atoms with van der Waals surface area (Å²) < 4.78 is 0. The molecule has 1 aliphatic heterocycles. The Labute approximate surface area is 148 Å². The predicted octanol–water partition coefficient (Wildman–Crippen LogP) is 5.58. The van der Waals surface area contributed by atoms with Gasteiger partial charge in [-0.2, -0.15) is 0 Å². The van der Waals surface area contributed by atoms with Gasteiger partial charge in [0.05, 0.1) is 10.5 Å². The van der Waals surface area contributed by atoms with Crippen LogP contribution in [0.1, 0.15) is 44.7 Å². The standard InChI is InChI=1S/C21H24N2O2/c1-4-17-14-21(3,5-2)22(20-9-7-6-8-19(17)20)15-16-10-12-18(13-11-16)23(24)25/h6-14H,4-5,15H2,1-3H3/t21-/m1/s1. The van der Waals surface area contributed by atoms with Gasteiger partial charge in [0.25, 0.3) is 5.69 Å². The Balaban J connectivity index is 2.01. The Morgan fingerprint density at radius 1 is 1.08 bits per heavy atom. The zero-order valence-corrected chi connectivity index (χ0v) is 15.0. The molecule has 0 radical (unpaired) electrons. The number of benzene rings is 2. The molecule has 0 N–H and O–H groups in total. The van der Waals surface area contributed by atoms with Crippen LogP contribution < -0.4 is 4.90 Å². The van der Waals surface area contributed by atoms with E-state index in [4.69, 9.17) is 0 Å². The zero-order valence-electron chi connectivity index (χ0n) is 15.0. The van der Waals surface area contributed by atoms with Crippen LogP contribution in [-0.2, 0) is 6.54 Å². The Hall–Kier alpha value is -2.62. The number of anilines is 1. The van der Waals surface area contributed by atoms with Crippen molar-refractivity contribution in [3.8, 4) is 0 Å². The van der Waals surface area contributed by atoms with Gasteiger partial charge in [-0.25, -0.2) is 0 Å². The van der Waals surface area contributed by atoms with Crippen molar-refractivity contribution >= 4 is 16.9 Å². The Kier molecular flexibility index (Phi) is 4.62. The van der Waals surface area contributed by atoms with E-state index in [-0.39, 0.29) is 16.1 Å². The Morgan fingerprint density at radius 2 is 1.76 bits per heavy atom. The monoisotopic (exact) mass is 336 g/mol. The predicted molar refractivity (Wildman–Crippen MR) is 103 cm³/mol. The maximum atomic E-state index is 10.9. The first-order valence-corrected chi connectivity index (χ1v) is 8.80. The minimum atomic E-state index is -0.355. The fourth-order valence-corrected chi connectivity index (χ4v) is 3.54. The molecule has 0 spiro atoms. The van der Waals surface area contributed by atoms with E-state index in [1.54, 1.807) is 12.1 Å². The van der Waals surface area contributed by atoms with Crippen molar-refractivity contribution in [1.82, 2.24) is 0 Å². The van der Waals surface area contributed by atoms with Gasteiger partial charge in [-0.15, -0.1) is 0 Å². The molecular formula is C21H24N2O2. The normalized spacial score (nSPS) is 19.3. The molecule has 0 saturated heterocycles. The molecule has 1 heterocycles. The highest BCUT2D eigenvalue weighted by atomic mass is 16.6. The third-order valence-electron chi connectivity index (χ3n) is 5.23. The molecule has 25 heavy (non-hydrogen) atoms. The lowest BCUT2D eigenvalue weighted by Crippen LogP contribution is -2.46. The van der Waals surface area contributed by atoms with Crippen molar-refractivity contribution in [2.75, 3.05) is 4.90 Å². The summed E-state index contributed by atoms with van der Waals surface area (Å²) in [5.41, 5.74) is 5.06. The highest BCUT2D eigenvalue weighted by molar-refractivity contribution is 5.82. The summed E-state index contributed by atoms with van der Waals surface area (Å²) in [6, 6.07) is 15.4. The van der Waals surface area contributed by atoms with Gasteiger partial charge in [0.1, 0.15) is 0 Å². The van der Waals surface area contributed by atoms with Crippen LogP contribution >= 0.6 is 0 Å². The molecule has 0 aliphatic carbocycles. The van der Waals surface area contributed by atoms with Crippen LogP contribution in [0.3, 0.4) is 0 Å². The second kappa shape index (κ2) is 6.71. The van der Waals surface area contributed by atoms with Gasteiger partial charge >= 0.3 is 0 Å². The number of allylic oxidation sites excluding steroid dienone is 1. The van der Waals surface area contributed by atoms with Gasteiger partial charge in [-0.05, 0) is 37.0 Å². The molecule has 1 aliphatic rings. The van der Waals surface area contributed by atoms with Crippen molar-refractivity contribution in [2.24, 2.45) is 0 Å². The molecule has 0 saturated carbocycles. The molecule has 0 bridgehead atoms. The molecule has 4 heteroatoms. The summed E-state index contributed by atoms with van der Waals surface area (Å²) >= 11 is 0. The molecule has 3 rings (SSSR count). The molecule has 0 amide bonds. The molecule has 1 atom stereocenters. The van der Waals surface area contributed by atoms with E-state index in [0.29, 0.717) is 0 Å². The van der Waals surface area contributed by atoms with Crippen LogP contribution in [0.15, 0.2) is 54.6 Å². The van der Waals surface area contributed by atoms with Crippen molar-refractivity contribution in [3.05, 3.63) is 75.8 Å². The van der Waals surface area contributed by atoms with Gasteiger partial charge in [0.15, 0.2) is 0 Å². The van der Waals surface area contributed by atoms with E-state index < -0.39 is 0 Å². The number of para-hydroxylation sites is 1. The second-order valence-corrected chi connectivity index (χ2v) is 6.76. The summed E-state index contributed by atoms with van der Waals surface area (Å²) in [7, 11) is 0. The van der Waals surface area contributed by atoms with Crippen LogP contribution in [0.25, 0.3) is 5.57 Å². The lowest BCUT2D eigenvalue weighted by molar-refractivity contribution is -0.384. The number of fused-ring (bicyclic) bond motifs is 1. The first kappa shape index (κ1) is 17.2. The fraction of sp³-hybridized carbons (Fsp3) is 0.333. The average molecular weight is 336 g/mol. The van der Waals surface area contributed by atoms with Gasteiger partial charge < -0.3 is 4.90 Å². The summed E-state index contributed by atoms with van der Waals surface area (Å²) in [5.74, 6) is 0. The number of non-ortho nitro benzene ring substituents is 1. The molecule has 0 aromatic heterocycles. The van der Waals surface area contributed by atoms with Gasteiger partial charge in [-0.1, -0.05) is 50.3 Å². The first-order valence-electron chi connectivity index (χ1n) is 8.80. The quantitative estimate of drug-likeness (QED) is 0.529. The van der Waals surface area contributed by atoms with E-state index in [9.17, 15) is 10.1 Å². The van der Waals surface area contributed by atoms with Crippen LogP contribution in [0, 0.1) is 10.1 Å². The van der Waals surface area contributed by atoms with E-state index >= 15 is 0 Å². The number of nitro benzene ring substituents is 1. The van der Waals surface area contributed by atoms with Crippen LogP contribution in [0.2, 0.25) is 0 Å². The Morgan fingerprint density at radius 3 is 2.36 bits per heavy atom. The van der Waals surface area contributed by atoms with Crippen molar-refractivity contribution in [2.45, 2.75) is 45.7 Å². The van der Waals surface area contributed by atoms with Crippen molar-refractivity contribution in [1.29, 1.82) is 0 Å². The summed E-state index contributed by atoms with van der Waals surface area (Å²) in [6.07, 6.45) is 4.40. The number of nitro groups is 1. The summed E-state index contributed by atoms with van der Waals surface area (Å²) in [5, 5.41) is 10.9. The highest BCUT2D eigenvalue weighted by Crippen LogP contribution is 2.42. The van der Waals surface area contributed by atoms with Gasteiger partial charge in [0.2, 0.25) is 0 Å². The second-order valence-electron chi connectivity index (χ2n) is 6.76. The first-order chi connectivity index (χ1) is 12.0. The van der Waals surface area contributed by atoms with Crippen LogP contribution in [0.5, 0.6) is 0 Å². The minimum Gasteiger partial charge on any atom is -0.358 e. The molecule has 2 aromatic rings. The molecule has 0 fully saturated rings. The smallest absolute Gasteiger partial charge is 0.269 e. The molecular weight excluding hydrogens is 312 g/mol. The molecule has 4 nitrogen and oxygen atoms in total. The largest absolute Gasteiger partial charge is 0.358 e. The Bertz CT molecular complexity index is 811. The van der Waals surface area contributed by atoms with Crippen LogP contribution in [0.4, 0.5) is 11.4 Å². The number of hydrogen-bond acceptors (Lipinski definition) is 3. The van der Waals surface area contributed by atoms with Crippen molar-refractivity contribution < 1.29 is 4.92 Å². The fourth-order valence-electron chi connectivity index (χ4n) is 3.54. The zero-order chi connectivity index (χ0) is 18.0. The topological polar surface area (TPSA) is 46.4 Å². The lowest BCUT2D eigenvalue weighted by atomic mass is 9.84. The minimum absolute atomic E-state index is 0.0680. The van der Waals surface area contributed by atoms with E-state index in [2.05, 4.69) is 56.0 Å². The molecule has 0 unspecified atom stereocenters. The lowest BCUT2D eigenvalue weighted by Gasteiger charge is -2.45. The SMILES string of the molecule is CCC1=C[C@@](C)(CC)N(Cc2ccc([N+](=O)[O-])cc2)c2ccccc21. The summed E-state index contributed by atoms with van der Waals surface area (Å²) in [4.78, 5) is 12.9.